The van der Waals surface area contributed by atoms with Crippen molar-refractivity contribution in [1.29, 1.82) is 0 Å². The Bertz CT molecular complexity index is 143. The van der Waals surface area contributed by atoms with Gasteiger partial charge in [-0.25, -0.2) is 11.3 Å². The van der Waals surface area contributed by atoms with Gasteiger partial charge in [-0.2, -0.15) is 6.08 Å². The smallest absolute Gasteiger partial charge is 1.00 e. The van der Waals surface area contributed by atoms with Crippen LogP contribution in [0.1, 0.15) is 6.42 Å². The average molecular weight is 285 g/mol. The molecule has 0 aliphatic heterocycles. The van der Waals surface area contributed by atoms with E-state index in [-0.39, 0.29) is 51.0 Å². The molecule has 0 unspecified atom stereocenters. The number of hydrogen-bond donors (Lipinski definition) is 0. The van der Waals surface area contributed by atoms with E-state index in [0.717, 1.165) is 6.42 Å². The summed E-state index contributed by atoms with van der Waals surface area (Å²) in [5.41, 5.74) is 0. The van der Waals surface area contributed by atoms with Crippen LogP contribution >= 0.6 is 0 Å². The van der Waals surface area contributed by atoms with Gasteiger partial charge in [-0.3, -0.25) is 6.08 Å². The molecule has 0 saturated carbocycles. The van der Waals surface area contributed by atoms with Crippen molar-refractivity contribution < 1.29 is 51.0 Å². The largest absolute Gasteiger partial charge is 3.00 e. The maximum Gasteiger partial charge on any atom is 3.00 e. The minimum atomic E-state index is -0.504. The fraction of sp³-hybridized carbons (Fsp3) is 0.429. The summed E-state index contributed by atoms with van der Waals surface area (Å²) in [6.45, 7) is 4.66. The Labute approximate surface area is 102 Å². The van der Waals surface area contributed by atoms with E-state index >= 15 is 0 Å². The van der Waals surface area contributed by atoms with Gasteiger partial charge in [-0.05, 0) is 0 Å². The van der Waals surface area contributed by atoms with Crippen molar-refractivity contribution in [2.45, 2.75) is 19.5 Å². The van der Waals surface area contributed by atoms with E-state index in [4.69, 9.17) is 0 Å². The Morgan fingerprint density at radius 1 is 1.36 bits per heavy atom. The fourth-order valence-corrected chi connectivity index (χ4v) is 1.87. The molecular formula is C7H11Cl2SiZr. The summed E-state index contributed by atoms with van der Waals surface area (Å²) in [4.78, 5) is 0. The molecule has 0 nitrogen and oxygen atoms in total. The topological polar surface area (TPSA) is 0 Å². The predicted molar refractivity (Wildman–Crippen MR) is 39.4 cm³/mol. The van der Waals surface area contributed by atoms with Crippen LogP contribution in [0, 0.1) is 6.08 Å². The number of halogens is 2. The second-order valence-electron chi connectivity index (χ2n) is 2.39. The van der Waals surface area contributed by atoms with Crippen molar-refractivity contribution in [3.8, 4) is 0 Å². The average Bonchev–Trinajstić information content (AvgIpc) is 2.12. The number of rotatable bonds is 1. The molecule has 0 heterocycles. The molecule has 0 bridgehead atoms. The van der Waals surface area contributed by atoms with E-state index in [1.807, 2.05) is 0 Å². The molecule has 11 heavy (non-hydrogen) atoms. The van der Waals surface area contributed by atoms with Gasteiger partial charge >= 0.3 is 26.2 Å². The molecule has 1 aliphatic carbocycles. The summed E-state index contributed by atoms with van der Waals surface area (Å²) in [6, 6.07) is 0. The minimum absolute atomic E-state index is 0. The first-order chi connectivity index (χ1) is 3.80. The Kier molecular flexibility index (Phi) is 15.2. The second-order valence-corrected chi connectivity index (χ2v) is 5.32. The maximum atomic E-state index is 3.32. The molecule has 0 fully saturated rings. The van der Waals surface area contributed by atoms with Crippen LogP contribution in [0.15, 0.2) is 17.3 Å². The SMILES string of the molecule is C[SiH](C)C1=[C-]CC=C1.[Cl-].[Cl-].[Zr+3]. The molecule has 0 N–H and O–H groups in total. The van der Waals surface area contributed by atoms with Gasteiger partial charge < -0.3 is 24.8 Å². The Morgan fingerprint density at radius 2 is 1.91 bits per heavy atom. The quantitative estimate of drug-likeness (QED) is 0.338. The molecule has 4 heteroatoms. The summed E-state index contributed by atoms with van der Waals surface area (Å²) in [6.07, 6.45) is 8.78. The van der Waals surface area contributed by atoms with Crippen molar-refractivity contribution in [2.24, 2.45) is 0 Å². The normalized spacial score (nSPS) is 12.8. The van der Waals surface area contributed by atoms with Crippen LogP contribution in [0.5, 0.6) is 0 Å². The fourth-order valence-electron chi connectivity index (χ4n) is 0.818. The van der Waals surface area contributed by atoms with E-state index in [2.05, 4.69) is 31.3 Å². The molecule has 0 aromatic carbocycles. The van der Waals surface area contributed by atoms with Gasteiger partial charge in [0.1, 0.15) is 0 Å². The summed E-state index contributed by atoms with van der Waals surface area (Å²) in [5.74, 6) is 0. The van der Waals surface area contributed by atoms with E-state index in [1.165, 1.54) is 5.20 Å². The van der Waals surface area contributed by atoms with Gasteiger partial charge in [0, 0.05) is 8.80 Å². The maximum absolute atomic E-state index is 3.32. The van der Waals surface area contributed by atoms with Gasteiger partial charge in [0.05, 0.1) is 0 Å². The van der Waals surface area contributed by atoms with Gasteiger partial charge in [0.2, 0.25) is 0 Å². The summed E-state index contributed by atoms with van der Waals surface area (Å²) >= 11 is 0. The van der Waals surface area contributed by atoms with E-state index < -0.39 is 8.80 Å². The molecule has 0 aromatic heterocycles. The summed E-state index contributed by atoms with van der Waals surface area (Å²) < 4.78 is 0. The van der Waals surface area contributed by atoms with Crippen molar-refractivity contribution >= 4 is 8.80 Å². The first kappa shape index (κ1) is 18.0. The zero-order valence-electron chi connectivity index (χ0n) is 6.70. The Morgan fingerprint density at radius 3 is 2.09 bits per heavy atom. The molecule has 0 amide bonds. The van der Waals surface area contributed by atoms with Gasteiger partial charge in [-0.1, -0.05) is 13.1 Å². The molecule has 1 rings (SSSR count). The van der Waals surface area contributed by atoms with Crippen LogP contribution in [0.3, 0.4) is 0 Å². The summed E-state index contributed by atoms with van der Waals surface area (Å²) in [5, 5.41) is 1.50. The molecule has 1 aliphatic rings. The van der Waals surface area contributed by atoms with Crippen molar-refractivity contribution in [2.75, 3.05) is 0 Å². The molecule has 61 valence electrons. The van der Waals surface area contributed by atoms with Gasteiger partial charge in [-0.15, -0.1) is 6.42 Å². The first-order valence-corrected chi connectivity index (χ1v) is 5.96. The van der Waals surface area contributed by atoms with Crippen LogP contribution < -0.4 is 24.8 Å². The number of allylic oxidation sites excluding steroid dienone is 4. The zero-order chi connectivity index (χ0) is 5.98. The van der Waals surface area contributed by atoms with E-state index in [9.17, 15) is 0 Å². The molecule has 0 atom stereocenters. The van der Waals surface area contributed by atoms with E-state index in [1.54, 1.807) is 0 Å². The van der Waals surface area contributed by atoms with Gasteiger partial charge in [0.25, 0.3) is 0 Å². The second kappa shape index (κ2) is 9.25. The Balaban J connectivity index is -0.000000213. The zero-order valence-corrected chi connectivity index (χ0v) is 11.8. The minimum Gasteiger partial charge on any atom is -1.00 e. The third kappa shape index (κ3) is 6.33. The molecule has 0 spiro atoms. The molecular weight excluding hydrogens is 274 g/mol. The Hall–Kier alpha value is 1.16. The third-order valence-electron chi connectivity index (χ3n) is 1.34. The monoisotopic (exact) mass is 283 g/mol. The summed E-state index contributed by atoms with van der Waals surface area (Å²) in [7, 11) is -0.504. The van der Waals surface area contributed by atoms with Crippen LogP contribution in [0.4, 0.5) is 0 Å². The first-order valence-electron chi connectivity index (χ1n) is 3.08. The van der Waals surface area contributed by atoms with Crippen molar-refractivity contribution in [3.05, 3.63) is 23.4 Å². The van der Waals surface area contributed by atoms with Crippen LogP contribution in [0.25, 0.3) is 0 Å². The van der Waals surface area contributed by atoms with E-state index in [0.29, 0.717) is 0 Å². The predicted octanol–water partition coefficient (Wildman–Crippen LogP) is -4.29. The van der Waals surface area contributed by atoms with Crippen LogP contribution in [-0.4, -0.2) is 8.80 Å². The standard InChI is InChI=1S/C7H11Si.2ClH.Zr/c1-8(2)7-5-3-4-6-7;;;/h3,5,8H,4H2,1-2H3;2*1H;/q-1;;;+3/p-2. The van der Waals surface area contributed by atoms with Crippen LogP contribution in [-0.2, 0) is 26.2 Å². The number of hydrogen-bond acceptors (Lipinski definition) is 0. The van der Waals surface area contributed by atoms with Crippen molar-refractivity contribution in [1.82, 2.24) is 0 Å². The molecule has 0 saturated heterocycles. The molecule has 1 radical (unpaired) electrons. The van der Waals surface area contributed by atoms with Gasteiger partial charge in [0.15, 0.2) is 0 Å². The van der Waals surface area contributed by atoms with Crippen LogP contribution in [0.2, 0.25) is 13.1 Å². The van der Waals surface area contributed by atoms with Crippen molar-refractivity contribution in [3.63, 3.8) is 0 Å². The molecule has 0 aromatic rings. The third-order valence-corrected chi connectivity index (χ3v) is 2.98.